The van der Waals surface area contributed by atoms with Crippen LogP contribution in [0.4, 0.5) is 0 Å². The van der Waals surface area contributed by atoms with Crippen LogP contribution in [0.25, 0.3) is 0 Å². The average Bonchev–Trinajstić information content (AvgIpc) is 2.32. The van der Waals surface area contributed by atoms with Gasteiger partial charge in [0.05, 0.1) is 11.3 Å². The van der Waals surface area contributed by atoms with Crippen molar-refractivity contribution in [3.05, 3.63) is 23.3 Å². The van der Waals surface area contributed by atoms with Crippen molar-refractivity contribution in [3.63, 3.8) is 0 Å². The molecule has 3 nitrogen and oxygen atoms in total. The first-order chi connectivity index (χ1) is 10.8. The van der Waals surface area contributed by atoms with E-state index in [1.807, 2.05) is 20.8 Å². The molecule has 0 aromatic carbocycles. The zero-order valence-electron chi connectivity index (χ0n) is 18.5. The Kier molecular flexibility index (Phi) is 5.62. The smallest absolute Gasteiger partial charge is 0.146 e. The molecule has 0 unspecified atom stereocenters. The van der Waals surface area contributed by atoms with E-state index in [1.165, 1.54) is 0 Å². The maximum atomic E-state index is 8.82. The van der Waals surface area contributed by atoms with E-state index in [2.05, 4.69) is 74.5 Å². The van der Waals surface area contributed by atoms with E-state index in [1.54, 1.807) is 0 Å². The molecule has 0 saturated heterocycles. The monoisotopic (exact) mass is 349 g/mol. The molecule has 0 aromatic rings. The second-order valence-electron chi connectivity index (χ2n) is 11.3. The van der Waals surface area contributed by atoms with Gasteiger partial charge < -0.3 is 5.41 Å². The SMILES string of the molecule is CC(C)(C)OOC1(C(C)(C)C)C=C(C(C)(C)C)C(=N)C(C(C)(C)C)=C1. The summed E-state index contributed by atoms with van der Waals surface area (Å²) >= 11 is 0. The minimum atomic E-state index is -0.726. The van der Waals surface area contributed by atoms with Gasteiger partial charge >= 0.3 is 0 Å². The summed E-state index contributed by atoms with van der Waals surface area (Å²) in [4.78, 5) is 11.9. The van der Waals surface area contributed by atoms with Crippen LogP contribution in [0.3, 0.4) is 0 Å². The summed E-state index contributed by atoms with van der Waals surface area (Å²) in [6.07, 6.45) is 4.21. The average molecular weight is 350 g/mol. The Morgan fingerprint density at radius 3 is 1.32 bits per heavy atom. The second-order valence-corrected chi connectivity index (χ2v) is 11.3. The molecule has 0 radical (unpaired) electrons. The lowest BCUT2D eigenvalue weighted by atomic mass is 9.64. The van der Waals surface area contributed by atoms with Crippen LogP contribution in [-0.2, 0) is 9.78 Å². The van der Waals surface area contributed by atoms with Crippen molar-refractivity contribution in [1.29, 1.82) is 5.41 Å². The number of hydrogen-bond donors (Lipinski definition) is 1. The normalized spacial score (nSPS) is 23.4. The van der Waals surface area contributed by atoms with Gasteiger partial charge in [-0.3, -0.25) is 0 Å². The second kappa shape index (κ2) is 6.35. The molecule has 0 aliphatic heterocycles. The fourth-order valence-electron chi connectivity index (χ4n) is 2.74. The summed E-state index contributed by atoms with van der Waals surface area (Å²) in [6.45, 7) is 25.3. The topological polar surface area (TPSA) is 42.3 Å². The predicted octanol–water partition coefficient (Wildman–Crippen LogP) is 6.50. The number of allylic oxidation sites excluding steroid dienone is 2. The molecule has 1 aliphatic rings. The quantitative estimate of drug-likeness (QED) is 0.457. The van der Waals surface area contributed by atoms with Crippen LogP contribution < -0.4 is 0 Å². The highest BCUT2D eigenvalue weighted by Gasteiger charge is 2.48. The number of hydrogen-bond acceptors (Lipinski definition) is 3. The molecule has 0 aromatic heterocycles. The molecule has 1 N–H and O–H groups in total. The van der Waals surface area contributed by atoms with Crippen LogP contribution in [0, 0.1) is 21.7 Å². The van der Waals surface area contributed by atoms with Crippen LogP contribution in [0.1, 0.15) is 83.1 Å². The van der Waals surface area contributed by atoms with Crippen molar-refractivity contribution < 1.29 is 9.78 Å². The summed E-state index contributed by atoms with van der Waals surface area (Å²) in [5.74, 6) is 0. The van der Waals surface area contributed by atoms with Crippen molar-refractivity contribution in [2.24, 2.45) is 16.2 Å². The predicted molar refractivity (Wildman–Crippen MR) is 107 cm³/mol. The fourth-order valence-corrected chi connectivity index (χ4v) is 2.74. The minimum absolute atomic E-state index is 0.149. The molecule has 1 rings (SSSR count). The van der Waals surface area contributed by atoms with Crippen LogP contribution in [0.5, 0.6) is 0 Å². The van der Waals surface area contributed by atoms with Gasteiger partial charge in [-0.25, -0.2) is 9.78 Å². The molecule has 0 saturated carbocycles. The lowest BCUT2D eigenvalue weighted by Crippen LogP contribution is -2.48. The summed E-state index contributed by atoms with van der Waals surface area (Å²) < 4.78 is 0. The summed E-state index contributed by atoms with van der Waals surface area (Å²) in [6, 6.07) is 0. The summed E-state index contributed by atoms with van der Waals surface area (Å²) in [5, 5.41) is 8.82. The third-order valence-corrected chi connectivity index (χ3v) is 4.47. The summed E-state index contributed by atoms with van der Waals surface area (Å²) in [5.41, 5.74) is 0.961. The first kappa shape index (κ1) is 22.1. The molecule has 25 heavy (non-hydrogen) atoms. The molecule has 0 spiro atoms. The molecular formula is C22H39NO2. The Balaban J connectivity index is 3.67. The zero-order chi connectivity index (χ0) is 20.1. The first-order valence-electron chi connectivity index (χ1n) is 9.23. The van der Waals surface area contributed by atoms with E-state index in [4.69, 9.17) is 15.2 Å². The van der Waals surface area contributed by atoms with E-state index < -0.39 is 11.2 Å². The molecule has 0 atom stereocenters. The van der Waals surface area contributed by atoms with E-state index in [-0.39, 0.29) is 16.2 Å². The number of nitrogens with one attached hydrogen (secondary N) is 1. The van der Waals surface area contributed by atoms with Crippen molar-refractivity contribution in [2.75, 3.05) is 0 Å². The maximum Gasteiger partial charge on any atom is 0.146 e. The highest BCUT2D eigenvalue weighted by atomic mass is 17.2. The standard InChI is InChI=1S/C22H39NO2/c1-18(2,3)15-13-22(20(7,8)9,25-24-21(10,11)12)14-16(17(15)23)19(4,5)6/h13-14,23H,1-12H3. The molecule has 0 heterocycles. The molecular weight excluding hydrogens is 310 g/mol. The molecule has 1 aliphatic carbocycles. The van der Waals surface area contributed by atoms with Crippen molar-refractivity contribution in [2.45, 2.75) is 94.3 Å². The number of rotatable bonds is 2. The Morgan fingerprint density at radius 2 is 1.08 bits per heavy atom. The van der Waals surface area contributed by atoms with Gasteiger partial charge in [-0.2, -0.15) is 0 Å². The van der Waals surface area contributed by atoms with Gasteiger partial charge in [-0.05, 0) is 54.9 Å². The van der Waals surface area contributed by atoms with Gasteiger partial charge in [0.15, 0.2) is 0 Å². The third-order valence-electron chi connectivity index (χ3n) is 4.47. The lowest BCUT2D eigenvalue weighted by Gasteiger charge is -2.46. The fraction of sp³-hybridized carbons (Fsp3) is 0.773. The van der Waals surface area contributed by atoms with Crippen LogP contribution in [0.2, 0.25) is 0 Å². The van der Waals surface area contributed by atoms with E-state index in [9.17, 15) is 0 Å². The molecule has 144 valence electrons. The Bertz CT molecular complexity index is 547. The van der Waals surface area contributed by atoms with Gasteiger partial charge in [0.1, 0.15) is 5.60 Å². The molecule has 3 heteroatoms. The Hall–Kier alpha value is -0.930. The minimum Gasteiger partial charge on any atom is -0.300 e. The highest BCUT2D eigenvalue weighted by Crippen LogP contribution is 2.47. The molecule has 0 bridgehead atoms. The van der Waals surface area contributed by atoms with Crippen molar-refractivity contribution in [1.82, 2.24) is 0 Å². The van der Waals surface area contributed by atoms with E-state index in [0.717, 1.165) is 11.1 Å². The Labute approximate surface area is 155 Å². The van der Waals surface area contributed by atoms with Gasteiger partial charge in [-0.15, -0.1) is 0 Å². The highest BCUT2D eigenvalue weighted by molar-refractivity contribution is 6.13. The van der Waals surface area contributed by atoms with E-state index in [0.29, 0.717) is 5.71 Å². The van der Waals surface area contributed by atoms with Gasteiger partial charge in [-0.1, -0.05) is 62.3 Å². The van der Waals surface area contributed by atoms with Gasteiger partial charge in [0.2, 0.25) is 0 Å². The van der Waals surface area contributed by atoms with E-state index >= 15 is 0 Å². The van der Waals surface area contributed by atoms with Crippen molar-refractivity contribution in [3.8, 4) is 0 Å². The summed E-state index contributed by atoms with van der Waals surface area (Å²) in [7, 11) is 0. The lowest BCUT2D eigenvalue weighted by molar-refractivity contribution is -0.398. The first-order valence-corrected chi connectivity index (χ1v) is 9.23. The zero-order valence-corrected chi connectivity index (χ0v) is 18.5. The van der Waals surface area contributed by atoms with Crippen LogP contribution in [0.15, 0.2) is 23.3 Å². The van der Waals surface area contributed by atoms with Crippen molar-refractivity contribution >= 4 is 5.71 Å². The van der Waals surface area contributed by atoms with Gasteiger partial charge in [0.25, 0.3) is 0 Å². The molecule has 0 amide bonds. The third kappa shape index (κ3) is 5.04. The largest absolute Gasteiger partial charge is 0.300 e. The van der Waals surface area contributed by atoms with Crippen LogP contribution >= 0.6 is 0 Å². The molecule has 0 fully saturated rings. The van der Waals surface area contributed by atoms with Crippen LogP contribution in [-0.4, -0.2) is 16.9 Å². The maximum absolute atomic E-state index is 8.82. The Morgan fingerprint density at radius 1 is 0.720 bits per heavy atom. The van der Waals surface area contributed by atoms with Gasteiger partial charge in [0, 0.05) is 5.41 Å².